The molecule has 2 aliphatic rings. The van der Waals surface area contributed by atoms with E-state index in [0.717, 1.165) is 0 Å². The number of fused-ring (bicyclic) bond motifs is 1. The Bertz CT molecular complexity index is 1290. The number of imide groups is 1. The Labute approximate surface area is 190 Å². The third-order valence-electron chi connectivity index (χ3n) is 5.31. The molecule has 2 heterocycles. The van der Waals surface area contributed by atoms with E-state index in [1.807, 2.05) is 0 Å². The fraction of sp³-hybridized carbons (Fsp3) is 0.273. The summed E-state index contributed by atoms with van der Waals surface area (Å²) < 4.78 is 52.4. The number of alkyl halides is 2. The van der Waals surface area contributed by atoms with Crippen LogP contribution in [0.25, 0.3) is 0 Å². The number of rotatable bonds is 5. The molecule has 2 aromatic carbocycles. The molecule has 32 heavy (non-hydrogen) atoms. The number of hydrogen-bond acceptors (Lipinski definition) is 4. The number of piperidine rings is 1. The van der Waals surface area contributed by atoms with E-state index >= 15 is 0 Å². The van der Waals surface area contributed by atoms with E-state index in [1.165, 1.54) is 17.0 Å². The Morgan fingerprint density at radius 3 is 2.78 bits per heavy atom. The smallest absolute Gasteiger partial charge is 0.346 e. The van der Waals surface area contributed by atoms with Gasteiger partial charge in [0.15, 0.2) is 0 Å². The summed E-state index contributed by atoms with van der Waals surface area (Å²) in [7, 11) is 0. The van der Waals surface area contributed by atoms with E-state index < -0.39 is 58.4 Å². The second-order valence-electron chi connectivity index (χ2n) is 7.41. The first-order chi connectivity index (χ1) is 16.4. The van der Waals surface area contributed by atoms with Gasteiger partial charge in [0.05, 0.1) is 4.11 Å². The Morgan fingerprint density at radius 1 is 1.25 bits per heavy atom. The molecule has 4 rings (SSSR count). The van der Waals surface area contributed by atoms with E-state index in [2.05, 4.69) is 10.6 Å². The molecule has 1 saturated heterocycles. The van der Waals surface area contributed by atoms with Crippen LogP contribution in [0.2, 0.25) is 5.02 Å². The molecule has 7 nitrogen and oxygen atoms in total. The van der Waals surface area contributed by atoms with E-state index in [9.17, 15) is 28.0 Å². The number of halogens is 3. The normalized spacial score (nSPS) is 19.7. The lowest BCUT2D eigenvalue weighted by atomic mass is 10.0. The number of carbonyl (C=O) groups is 4. The van der Waals surface area contributed by atoms with Crippen LogP contribution in [-0.4, -0.2) is 34.6 Å². The monoisotopic (exact) mass is 464 g/mol. The maximum Gasteiger partial charge on any atom is 0.349 e. The maximum atomic E-state index is 14.7. The average Bonchev–Trinajstić information content (AvgIpc) is 3.13. The predicted octanol–water partition coefficient (Wildman–Crippen LogP) is 2.51. The number of carbonyl (C=O) groups excluding carboxylic acids is 4. The molecule has 166 valence electrons. The zero-order valence-electron chi connectivity index (χ0n) is 19.4. The van der Waals surface area contributed by atoms with Gasteiger partial charge in [-0.25, -0.2) is 0 Å². The number of benzene rings is 2. The molecule has 1 fully saturated rings. The summed E-state index contributed by atoms with van der Waals surface area (Å²) in [5.74, 6) is -7.27. The second-order valence-corrected chi connectivity index (χ2v) is 7.79. The molecule has 2 aliphatic heterocycles. The Kier molecular flexibility index (Phi) is 4.74. The molecule has 10 heteroatoms. The second kappa shape index (κ2) is 8.31. The van der Waals surface area contributed by atoms with E-state index in [-0.39, 0.29) is 31.8 Å². The van der Waals surface area contributed by atoms with Gasteiger partial charge >= 0.3 is 5.92 Å². The summed E-state index contributed by atoms with van der Waals surface area (Å²) in [6.45, 7) is -0.235. The van der Waals surface area contributed by atoms with Crippen molar-refractivity contribution in [3.8, 4) is 0 Å². The van der Waals surface area contributed by atoms with Crippen LogP contribution in [0.1, 0.15) is 44.0 Å². The highest BCUT2D eigenvalue weighted by molar-refractivity contribution is 6.30. The van der Waals surface area contributed by atoms with Crippen LogP contribution >= 0.6 is 11.6 Å². The zero-order valence-corrected chi connectivity index (χ0v) is 17.2. The number of nitrogens with one attached hydrogen (secondary N) is 2. The van der Waals surface area contributed by atoms with Crippen molar-refractivity contribution in [1.82, 2.24) is 15.5 Å². The lowest BCUT2D eigenvalue weighted by molar-refractivity contribution is -0.147. The molecule has 0 aromatic heterocycles. The quantitative estimate of drug-likeness (QED) is 0.665. The molecule has 0 spiro atoms. The van der Waals surface area contributed by atoms with Crippen LogP contribution in [0.4, 0.5) is 8.78 Å². The molecule has 2 aromatic rings. The molecule has 0 aliphatic carbocycles. The van der Waals surface area contributed by atoms with E-state index in [4.69, 9.17) is 15.7 Å². The molecular weight excluding hydrogens is 444 g/mol. The molecule has 4 amide bonds. The lowest BCUT2D eigenvalue weighted by Gasteiger charge is -2.29. The van der Waals surface area contributed by atoms with Crippen molar-refractivity contribution in [2.45, 2.75) is 37.9 Å². The molecule has 1 atom stereocenters. The molecular formula is C22H18ClF2N3O4. The van der Waals surface area contributed by atoms with Gasteiger partial charge in [-0.05, 0) is 35.7 Å². The minimum atomic E-state index is -4.19. The lowest BCUT2D eigenvalue weighted by Crippen LogP contribution is -2.52. The predicted molar refractivity (Wildman–Crippen MR) is 110 cm³/mol. The van der Waals surface area contributed by atoms with Gasteiger partial charge in [0, 0.05) is 35.7 Å². The minimum Gasteiger partial charge on any atom is -0.346 e. The van der Waals surface area contributed by atoms with Crippen molar-refractivity contribution < 1.29 is 32.1 Å². The van der Waals surface area contributed by atoms with Crippen molar-refractivity contribution >= 4 is 35.2 Å². The summed E-state index contributed by atoms with van der Waals surface area (Å²) in [4.78, 5) is 49.9. The fourth-order valence-corrected chi connectivity index (χ4v) is 3.75. The van der Waals surface area contributed by atoms with Crippen molar-refractivity contribution in [3.63, 3.8) is 0 Å². The van der Waals surface area contributed by atoms with Gasteiger partial charge < -0.3 is 10.2 Å². The highest BCUT2D eigenvalue weighted by atomic mass is 35.5. The SMILES string of the molecule is [2H]c1cc(C(F)(F)C(=O)NCc2ccc3c(c2)CN(C2CCC(=O)NC2=O)C3=O)c([2H])c([2H])c1Cl. The van der Waals surface area contributed by atoms with Crippen molar-refractivity contribution in [1.29, 1.82) is 0 Å². The number of hydrogen-bond donors (Lipinski definition) is 2. The Morgan fingerprint density at radius 2 is 2.03 bits per heavy atom. The maximum absolute atomic E-state index is 14.7. The summed E-state index contributed by atoms with van der Waals surface area (Å²) in [5, 5.41) is 3.82. The molecule has 0 radical (unpaired) electrons. The van der Waals surface area contributed by atoms with Gasteiger partial charge in [-0.15, -0.1) is 0 Å². The first kappa shape index (κ1) is 18.3. The summed E-state index contributed by atoms with van der Waals surface area (Å²) >= 11 is 5.65. The van der Waals surface area contributed by atoms with Crippen LogP contribution in [-0.2, 0) is 33.4 Å². The van der Waals surface area contributed by atoms with Crippen molar-refractivity contribution in [2.24, 2.45) is 0 Å². The van der Waals surface area contributed by atoms with Gasteiger partial charge in [0.1, 0.15) is 6.04 Å². The van der Waals surface area contributed by atoms with E-state index in [1.54, 1.807) is 6.07 Å². The summed E-state index contributed by atoms with van der Waals surface area (Å²) in [5.41, 5.74) is 0.187. The largest absolute Gasteiger partial charge is 0.349 e. The van der Waals surface area contributed by atoms with Crippen LogP contribution in [0.5, 0.6) is 0 Å². The summed E-state index contributed by atoms with van der Waals surface area (Å²) in [6.07, 6.45) is 0.310. The van der Waals surface area contributed by atoms with E-state index in [0.29, 0.717) is 22.8 Å². The standard InChI is InChI=1S/C22H18ClF2N3O4/c23-15-4-2-14(3-5-15)22(24,25)21(32)26-10-12-1-6-16-13(9-12)11-28(20(16)31)17-7-8-18(29)27-19(17)30/h1-6,9,17H,7-8,10-11H2,(H,26,32)(H,27,29,30)/i2D,4D,5D. The third kappa shape index (κ3) is 4.08. The highest BCUT2D eigenvalue weighted by Crippen LogP contribution is 2.30. The molecule has 1 unspecified atom stereocenters. The van der Waals surface area contributed by atoms with Gasteiger partial charge in [0.25, 0.3) is 11.8 Å². The van der Waals surface area contributed by atoms with Gasteiger partial charge in [0.2, 0.25) is 11.8 Å². The Hall–Kier alpha value is -3.33. The van der Waals surface area contributed by atoms with Crippen molar-refractivity contribution in [3.05, 3.63) is 69.7 Å². The minimum absolute atomic E-state index is 0.0872. The highest BCUT2D eigenvalue weighted by Gasteiger charge is 2.41. The van der Waals surface area contributed by atoms with Crippen LogP contribution in [0.15, 0.2) is 42.4 Å². The molecule has 0 saturated carbocycles. The van der Waals surface area contributed by atoms with Gasteiger partial charge in [-0.1, -0.05) is 35.8 Å². The Balaban J connectivity index is 1.47. The third-order valence-corrected chi connectivity index (χ3v) is 5.52. The van der Waals surface area contributed by atoms with Crippen LogP contribution in [0.3, 0.4) is 0 Å². The summed E-state index contributed by atoms with van der Waals surface area (Å²) in [6, 6.07) is 1.98. The van der Waals surface area contributed by atoms with Gasteiger partial charge in [-0.3, -0.25) is 24.5 Å². The first-order valence-corrected chi connectivity index (χ1v) is 9.99. The van der Waals surface area contributed by atoms with Crippen LogP contribution in [0, 0.1) is 0 Å². The number of nitrogens with zero attached hydrogens (tertiary/aromatic N) is 1. The average molecular weight is 465 g/mol. The molecule has 0 bridgehead atoms. The molecule has 2 N–H and O–H groups in total. The first-order valence-electron chi connectivity index (χ1n) is 11.1. The fourth-order valence-electron chi connectivity index (χ4n) is 3.65. The van der Waals surface area contributed by atoms with Crippen molar-refractivity contribution in [2.75, 3.05) is 0 Å². The van der Waals surface area contributed by atoms with Crippen LogP contribution < -0.4 is 10.6 Å². The number of amides is 4. The zero-order chi connectivity index (χ0) is 25.7. The van der Waals surface area contributed by atoms with Gasteiger partial charge in [-0.2, -0.15) is 8.78 Å². The topological polar surface area (TPSA) is 95.6 Å².